The fraction of sp³-hybridized carbons (Fsp3) is 0.364. The van der Waals surface area contributed by atoms with E-state index < -0.39 is 11.1 Å². The Balaban J connectivity index is 2.39. The smallest absolute Gasteiger partial charge is 0.339 e. The van der Waals surface area contributed by atoms with Crippen molar-refractivity contribution < 1.29 is 0 Å². The summed E-state index contributed by atoms with van der Waals surface area (Å²) in [5.41, 5.74) is -1.57. The highest BCUT2D eigenvalue weighted by Crippen LogP contribution is 2.26. The second kappa shape index (κ2) is 6.76. The summed E-state index contributed by atoms with van der Waals surface area (Å²) in [6, 6.07) is 1.77. The predicted octanol–water partition coefficient (Wildman–Crippen LogP) is 0.563. The Morgan fingerprint density at radius 1 is 1.33 bits per heavy atom. The molecule has 0 saturated heterocycles. The van der Waals surface area contributed by atoms with Gasteiger partial charge < -0.3 is 5.32 Å². The highest BCUT2D eigenvalue weighted by Gasteiger charge is 2.10. The molecule has 0 aromatic carbocycles. The Labute approximate surface area is 128 Å². The van der Waals surface area contributed by atoms with E-state index in [1.54, 1.807) is 13.1 Å². The van der Waals surface area contributed by atoms with Crippen molar-refractivity contribution in [2.75, 3.05) is 18.1 Å². The maximum absolute atomic E-state index is 11.3. The number of aryl methyl sites for hydroxylation is 1. The van der Waals surface area contributed by atoms with Crippen molar-refractivity contribution in [3.05, 3.63) is 26.8 Å². The number of aromatic nitrogens is 5. The van der Waals surface area contributed by atoms with Gasteiger partial charge >= 0.3 is 11.1 Å². The third-order valence-electron chi connectivity index (χ3n) is 2.37. The quantitative estimate of drug-likeness (QED) is 0.355. The summed E-state index contributed by atoms with van der Waals surface area (Å²) in [5, 5.41) is 7.12. The summed E-state index contributed by atoms with van der Waals surface area (Å²) >= 11 is 2.60. The first kappa shape index (κ1) is 15.6. The van der Waals surface area contributed by atoms with Crippen LogP contribution in [-0.4, -0.2) is 37.5 Å². The molecule has 21 heavy (non-hydrogen) atoms. The summed E-state index contributed by atoms with van der Waals surface area (Å²) in [6.07, 6.45) is 1.88. The molecule has 2 N–H and O–H groups in total. The molecular formula is C11H14N6O2S2. The van der Waals surface area contributed by atoms with Crippen LogP contribution in [0.4, 0.5) is 5.82 Å². The first-order valence-electron chi connectivity index (χ1n) is 6.05. The second-order valence-corrected chi connectivity index (χ2v) is 5.67. The molecule has 2 heterocycles. The zero-order chi connectivity index (χ0) is 15.4. The minimum atomic E-state index is -0.818. The van der Waals surface area contributed by atoms with Crippen LogP contribution in [0.3, 0.4) is 0 Å². The molecule has 0 aliphatic rings. The zero-order valence-corrected chi connectivity index (χ0v) is 13.3. The third-order valence-corrected chi connectivity index (χ3v) is 3.88. The van der Waals surface area contributed by atoms with E-state index in [-0.39, 0.29) is 0 Å². The highest BCUT2D eigenvalue weighted by atomic mass is 32.2. The van der Waals surface area contributed by atoms with Gasteiger partial charge in [0, 0.05) is 19.7 Å². The van der Waals surface area contributed by atoms with Crippen LogP contribution in [0.1, 0.15) is 6.92 Å². The van der Waals surface area contributed by atoms with Gasteiger partial charge in [0.15, 0.2) is 10.3 Å². The molecule has 2 aromatic heterocycles. The third kappa shape index (κ3) is 3.85. The molecule has 2 aromatic rings. The fourth-order valence-electron chi connectivity index (χ4n) is 1.46. The zero-order valence-electron chi connectivity index (χ0n) is 11.7. The lowest BCUT2D eigenvalue weighted by Crippen LogP contribution is -2.33. The van der Waals surface area contributed by atoms with Crippen LogP contribution >= 0.6 is 23.5 Å². The van der Waals surface area contributed by atoms with Crippen LogP contribution in [-0.2, 0) is 7.05 Å². The lowest BCUT2D eigenvalue weighted by molar-refractivity contribution is 0.596. The van der Waals surface area contributed by atoms with E-state index in [4.69, 9.17) is 0 Å². The molecule has 0 spiro atoms. The second-order valence-electron chi connectivity index (χ2n) is 3.91. The van der Waals surface area contributed by atoms with E-state index in [2.05, 4.69) is 25.4 Å². The minimum Gasteiger partial charge on any atom is -0.370 e. The van der Waals surface area contributed by atoms with Crippen LogP contribution in [0.5, 0.6) is 0 Å². The molecule has 8 nitrogen and oxygen atoms in total. The first-order chi connectivity index (χ1) is 10.0. The van der Waals surface area contributed by atoms with Crippen LogP contribution < -0.4 is 16.4 Å². The number of anilines is 1. The number of H-pyrrole nitrogens is 1. The molecule has 10 heteroatoms. The Bertz CT molecular complexity index is 757. The van der Waals surface area contributed by atoms with Gasteiger partial charge in [-0.05, 0) is 24.9 Å². The van der Waals surface area contributed by atoms with Gasteiger partial charge in [0.2, 0.25) is 0 Å². The summed E-state index contributed by atoms with van der Waals surface area (Å²) in [4.78, 5) is 34.9. The molecule has 112 valence electrons. The average molecular weight is 326 g/mol. The Morgan fingerprint density at radius 3 is 2.76 bits per heavy atom. The minimum absolute atomic E-state index is 0.354. The van der Waals surface area contributed by atoms with Crippen molar-refractivity contribution in [1.29, 1.82) is 0 Å². The summed E-state index contributed by atoms with van der Waals surface area (Å²) in [7, 11) is 1.61. The predicted molar refractivity (Wildman–Crippen MR) is 82.2 cm³/mol. The van der Waals surface area contributed by atoms with Crippen molar-refractivity contribution in [2.24, 2.45) is 7.05 Å². The van der Waals surface area contributed by atoms with Crippen LogP contribution in [0.15, 0.2) is 31.0 Å². The standard InChI is InChI=1S/C11H14N6O2S2/c1-4-12-6-5-7(14-10(13-6)20-3)21-11-15-8(18)9(19)16-17(11)2/h5H,4H2,1-3H3,(H,16,19)(H,12,13,14). The summed E-state index contributed by atoms with van der Waals surface area (Å²) in [6.45, 7) is 2.71. The summed E-state index contributed by atoms with van der Waals surface area (Å²) < 4.78 is 1.39. The molecule has 0 saturated carbocycles. The normalized spacial score (nSPS) is 10.6. The number of nitrogens with zero attached hydrogens (tertiary/aromatic N) is 4. The van der Waals surface area contributed by atoms with E-state index in [1.807, 2.05) is 13.2 Å². The molecule has 0 aliphatic carbocycles. The van der Waals surface area contributed by atoms with Crippen molar-refractivity contribution in [2.45, 2.75) is 22.3 Å². The molecule has 2 rings (SSSR count). The molecule has 0 radical (unpaired) electrons. The van der Waals surface area contributed by atoms with Gasteiger partial charge in [-0.2, -0.15) is 4.98 Å². The van der Waals surface area contributed by atoms with E-state index in [0.717, 1.165) is 6.54 Å². The molecule has 0 fully saturated rings. The number of rotatable bonds is 5. The Kier molecular flexibility index (Phi) is 5.02. The number of thioether (sulfide) groups is 1. The highest BCUT2D eigenvalue weighted by molar-refractivity contribution is 7.99. The average Bonchev–Trinajstić information content (AvgIpc) is 2.45. The largest absolute Gasteiger partial charge is 0.370 e. The molecule has 0 amide bonds. The molecule has 0 atom stereocenters. The maximum Gasteiger partial charge on any atom is 0.339 e. The molecular weight excluding hydrogens is 312 g/mol. The van der Waals surface area contributed by atoms with Gasteiger partial charge in [-0.15, -0.1) is 0 Å². The maximum atomic E-state index is 11.3. The van der Waals surface area contributed by atoms with E-state index >= 15 is 0 Å². The van der Waals surface area contributed by atoms with E-state index in [1.165, 1.54) is 28.2 Å². The SMILES string of the molecule is CCNc1cc(Sc2nc(=O)c(=O)[nH]n2C)nc(SC)n1. The van der Waals surface area contributed by atoms with E-state index in [0.29, 0.717) is 21.2 Å². The van der Waals surface area contributed by atoms with Crippen molar-refractivity contribution >= 4 is 29.3 Å². The first-order valence-corrected chi connectivity index (χ1v) is 8.09. The van der Waals surface area contributed by atoms with Crippen molar-refractivity contribution in [1.82, 2.24) is 24.7 Å². The van der Waals surface area contributed by atoms with Crippen LogP contribution in [0.2, 0.25) is 0 Å². The molecule has 0 aliphatic heterocycles. The van der Waals surface area contributed by atoms with Gasteiger partial charge in [-0.3, -0.25) is 19.4 Å². The fourth-order valence-corrected chi connectivity index (χ4v) is 2.70. The Hall–Kier alpha value is -1.81. The number of hydrogen-bond donors (Lipinski definition) is 2. The number of aromatic amines is 1. The topological polar surface area (TPSA) is 106 Å². The van der Waals surface area contributed by atoms with Gasteiger partial charge in [-0.1, -0.05) is 11.8 Å². The number of hydrogen-bond acceptors (Lipinski definition) is 8. The summed E-state index contributed by atoms with van der Waals surface area (Å²) in [5.74, 6) is 0.703. The Morgan fingerprint density at radius 2 is 2.10 bits per heavy atom. The lowest BCUT2D eigenvalue weighted by atomic mass is 10.5. The van der Waals surface area contributed by atoms with Gasteiger partial charge in [0.25, 0.3) is 0 Å². The van der Waals surface area contributed by atoms with Gasteiger partial charge in [-0.25, -0.2) is 9.97 Å². The van der Waals surface area contributed by atoms with Crippen molar-refractivity contribution in [3.8, 4) is 0 Å². The monoisotopic (exact) mass is 326 g/mol. The number of nitrogens with one attached hydrogen (secondary N) is 2. The van der Waals surface area contributed by atoms with Crippen LogP contribution in [0.25, 0.3) is 0 Å². The van der Waals surface area contributed by atoms with Gasteiger partial charge in [0.1, 0.15) is 10.8 Å². The van der Waals surface area contributed by atoms with E-state index in [9.17, 15) is 9.59 Å². The lowest BCUT2D eigenvalue weighted by Gasteiger charge is -2.08. The van der Waals surface area contributed by atoms with Crippen LogP contribution in [0, 0.1) is 0 Å². The molecule has 0 unspecified atom stereocenters. The molecule has 0 bridgehead atoms. The van der Waals surface area contributed by atoms with Gasteiger partial charge in [0.05, 0.1) is 0 Å². The van der Waals surface area contributed by atoms with Crippen molar-refractivity contribution in [3.63, 3.8) is 0 Å².